The van der Waals surface area contributed by atoms with E-state index in [2.05, 4.69) is 10.3 Å². The van der Waals surface area contributed by atoms with Crippen molar-refractivity contribution in [2.75, 3.05) is 11.9 Å². The lowest BCUT2D eigenvalue weighted by molar-refractivity contribution is -0.118. The molecule has 0 atom stereocenters. The molecule has 23 heavy (non-hydrogen) atoms. The summed E-state index contributed by atoms with van der Waals surface area (Å²) in [5, 5.41) is 3.80. The van der Waals surface area contributed by atoms with Crippen LogP contribution >= 0.6 is 0 Å². The first-order chi connectivity index (χ1) is 11.1. The lowest BCUT2D eigenvalue weighted by Gasteiger charge is -2.12. The summed E-state index contributed by atoms with van der Waals surface area (Å²) in [4.78, 5) is 16.5. The first-order valence-corrected chi connectivity index (χ1v) is 7.48. The van der Waals surface area contributed by atoms with Gasteiger partial charge in [-0.2, -0.15) is 0 Å². The quantitative estimate of drug-likeness (QED) is 0.796. The van der Waals surface area contributed by atoms with Gasteiger partial charge in [-0.3, -0.25) is 9.78 Å². The van der Waals surface area contributed by atoms with Gasteiger partial charge < -0.3 is 10.1 Å². The minimum Gasteiger partial charge on any atom is -0.483 e. The Labute approximate surface area is 135 Å². The molecule has 4 nitrogen and oxygen atoms in total. The number of pyridine rings is 1. The van der Waals surface area contributed by atoms with Crippen LogP contribution in [0, 0.1) is 13.8 Å². The molecule has 0 aliphatic heterocycles. The Morgan fingerprint density at radius 2 is 1.91 bits per heavy atom. The molecule has 3 aromatic rings. The monoisotopic (exact) mass is 306 g/mol. The van der Waals surface area contributed by atoms with Crippen LogP contribution in [0.15, 0.2) is 54.7 Å². The SMILES string of the molecule is Cc1cccc(OCC(=O)Nc2cccc3ncccc23)c1C. The highest BCUT2D eigenvalue weighted by molar-refractivity contribution is 6.01. The van der Waals surface area contributed by atoms with E-state index in [1.807, 2.05) is 62.4 Å². The number of rotatable bonds is 4. The maximum absolute atomic E-state index is 12.2. The zero-order valence-electron chi connectivity index (χ0n) is 13.2. The molecule has 0 fully saturated rings. The molecule has 0 spiro atoms. The van der Waals surface area contributed by atoms with Gasteiger partial charge in [-0.05, 0) is 55.3 Å². The van der Waals surface area contributed by atoms with E-state index >= 15 is 0 Å². The number of anilines is 1. The summed E-state index contributed by atoms with van der Waals surface area (Å²) in [6.07, 6.45) is 1.73. The maximum atomic E-state index is 12.2. The zero-order valence-corrected chi connectivity index (χ0v) is 13.2. The smallest absolute Gasteiger partial charge is 0.262 e. The second-order valence-corrected chi connectivity index (χ2v) is 5.41. The van der Waals surface area contributed by atoms with Crippen LogP contribution in [-0.4, -0.2) is 17.5 Å². The van der Waals surface area contributed by atoms with Crippen molar-refractivity contribution >= 4 is 22.5 Å². The standard InChI is InChI=1S/C19H18N2O2/c1-13-6-3-10-18(14(13)2)23-12-19(22)21-17-9-4-8-16-15(17)7-5-11-20-16/h3-11H,12H2,1-2H3,(H,21,22). The van der Waals surface area contributed by atoms with Gasteiger partial charge >= 0.3 is 0 Å². The Balaban J connectivity index is 1.71. The molecule has 0 aliphatic carbocycles. The number of ether oxygens (including phenoxy) is 1. The molecule has 0 radical (unpaired) electrons. The molecule has 0 saturated heterocycles. The number of amides is 1. The van der Waals surface area contributed by atoms with Crippen molar-refractivity contribution in [3.05, 3.63) is 65.9 Å². The maximum Gasteiger partial charge on any atom is 0.262 e. The number of nitrogens with one attached hydrogen (secondary N) is 1. The van der Waals surface area contributed by atoms with Crippen molar-refractivity contribution in [2.24, 2.45) is 0 Å². The van der Waals surface area contributed by atoms with Crippen LogP contribution in [0.3, 0.4) is 0 Å². The third kappa shape index (κ3) is 3.31. The highest BCUT2D eigenvalue weighted by Crippen LogP contribution is 2.22. The molecule has 116 valence electrons. The fourth-order valence-electron chi connectivity index (χ4n) is 2.42. The van der Waals surface area contributed by atoms with Crippen molar-refractivity contribution in [3.63, 3.8) is 0 Å². The van der Waals surface area contributed by atoms with E-state index in [4.69, 9.17) is 4.74 Å². The fourth-order valence-corrected chi connectivity index (χ4v) is 2.42. The van der Waals surface area contributed by atoms with Gasteiger partial charge in [0.05, 0.1) is 11.2 Å². The predicted octanol–water partition coefficient (Wildman–Crippen LogP) is 3.87. The summed E-state index contributed by atoms with van der Waals surface area (Å²) in [6, 6.07) is 15.2. The fraction of sp³-hybridized carbons (Fsp3) is 0.158. The minimum atomic E-state index is -0.192. The van der Waals surface area contributed by atoms with Gasteiger partial charge in [0.25, 0.3) is 5.91 Å². The van der Waals surface area contributed by atoms with E-state index in [1.54, 1.807) is 6.20 Å². The molecular formula is C19H18N2O2. The number of aryl methyl sites for hydroxylation is 1. The number of hydrogen-bond acceptors (Lipinski definition) is 3. The van der Waals surface area contributed by atoms with Gasteiger partial charge in [0, 0.05) is 11.6 Å². The first kappa shape index (κ1) is 15.0. The normalized spacial score (nSPS) is 10.5. The van der Waals surface area contributed by atoms with Crippen LogP contribution in [0.5, 0.6) is 5.75 Å². The highest BCUT2D eigenvalue weighted by atomic mass is 16.5. The van der Waals surface area contributed by atoms with Gasteiger partial charge in [0.1, 0.15) is 5.75 Å². The summed E-state index contributed by atoms with van der Waals surface area (Å²) < 4.78 is 5.64. The number of carbonyl (C=O) groups excluding carboxylic acids is 1. The van der Waals surface area contributed by atoms with Crippen molar-refractivity contribution in [1.29, 1.82) is 0 Å². The second-order valence-electron chi connectivity index (χ2n) is 5.41. The third-order valence-electron chi connectivity index (χ3n) is 3.83. The van der Waals surface area contributed by atoms with E-state index in [1.165, 1.54) is 0 Å². The average molecular weight is 306 g/mol. The summed E-state index contributed by atoms with van der Waals surface area (Å²) in [5.74, 6) is 0.544. The molecular weight excluding hydrogens is 288 g/mol. The molecule has 0 bridgehead atoms. The Morgan fingerprint density at radius 3 is 2.78 bits per heavy atom. The highest BCUT2D eigenvalue weighted by Gasteiger charge is 2.08. The summed E-state index contributed by atoms with van der Waals surface area (Å²) in [7, 11) is 0. The number of carbonyl (C=O) groups is 1. The summed E-state index contributed by atoms with van der Waals surface area (Å²) in [6.45, 7) is 3.98. The molecule has 1 N–H and O–H groups in total. The third-order valence-corrected chi connectivity index (χ3v) is 3.83. The van der Waals surface area contributed by atoms with E-state index in [0.29, 0.717) is 0 Å². The number of benzene rings is 2. The van der Waals surface area contributed by atoms with Crippen LogP contribution in [0.25, 0.3) is 10.9 Å². The van der Waals surface area contributed by atoms with Gasteiger partial charge in [0.2, 0.25) is 0 Å². The number of nitrogens with zero attached hydrogens (tertiary/aromatic N) is 1. The van der Waals surface area contributed by atoms with Crippen LogP contribution in [0.2, 0.25) is 0 Å². The molecule has 0 saturated carbocycles. The van der Waals surface area contributed by atoms with E-state index < -0.39 is 0 Å². The van der Waals surface area contributed by atoms with Crippen LogP contribution in [0.1, 0.15) is 11.1 Å². The Kier molecular flexibility index (Phi) is 4.24. The number of hydrogen-bond donors (Lipinski definition) is 1. The second kappa shape index (κ2) is 6.48. The minimum absolute atomic E-state index is 0.0268. The van der Waals surface area contributed by atoms with Gasteiger partial charge in [-0.25, -0.2) is 0 Å². The van der Waals surface area contributed by atoms with E-state index in [-0.39, 0.29) is 12.5 Å². The van der Waals surface area contributed by atoms with Gasteiger partial charge in [-0.1, -0.05) is 18.2 Å². The van der Waals surface area contributed by atoms with Crippen molar-refractivity contribution < 1.29 is 9.53 Å². The van der Waals surface area contributed by atoms with Gasteiger partial charge in [0.15, 0.2) is 6.61 Å². The van der Waals surface area contributed by atoms with Gasteiger partial charge in [-0.15, -0.1) is 0 Å². The topological polar surface area (TPSA) is 51.2 Å². The number of fused-ring (bicyclic) bond motifs is 1. The molecule has 2 aromatic carbocycles. The zero-order chi connectivity index (χ0) is 16.2. The molecule has 1 aromatic heterocycles. The van der Waals surface area contributed by atoms with Crippen LogP contribution in [-0.2, 0) is 4.79 Å². The lowest BCUT2D eigenvalue weighted by atomic mass is 10.1. The molecule has 0 aliphatic rings. The number of aromatic nitrogens is 1. The Bertz CT molecular complexity index is 854. The van der Waals surface area contributed by atoms with Crippen LogP contribution in [0.4, 0.5) is 5.69 Å². The molecule has 1 amide bonds. The van der Waals surface area contributed by atoms with Crippen molar-refractivity contribution in [3.8, 4) is 5.75 Å². The summed E-state index contributed by atoms with van der Waals surface area (Å²) >= 11 is 0. The van der Waals surface area contributed by atoms with Crippen molar-refractivity contribution in [2.45, 2.75) is 13.8 Å². The lowest BCUT2D eigenvalue weighted by Crippen LogP contribution is -2.20. The Hall–Kier alpha value is -2.88. The predicted molar refractivity (Wildman–Crippen MR) is 91.8 cm³/mol. The Morgan fingerprint density at radius 1 is 1.09 bits per heavy atom. The van der Waals surface area contributed by atoms with E-state index in [9.17, 15) is 4.79 Å². The van der Waals surface area contributed by atoms with Crippen LogP contribution < -0.4 is 10.1 Å². The molecule has 0 unspecified atom stereocenters. The average Bonchev–Trinajstić information content (AvgIpc) is 2.56. The molecule has 3 rings (SSSR count). The largest absolute Gasteiger partial charge is 0.483 e. The van der Waals surface area contributed by atoms with Crippen molar-refractivity contribution in [1.82, 2.24) is 4.98 Å². The molecule has 4 heteroatoms. The van der Waals surface area contributed by atoms with E-state index in [0.717, 1.165) is 33.5 Å². The molecule has 1 heterocycles. The first-order valence-electron chi connectivity index (χ1n) is 7.48. The summed E-state index contributed by atoms with van der Waals surface area (Å²) in [5.41, 5.74) is 3.78.